The smallest absolute Gasteiger partial charge is 0.00496 e. The van der Waals surface area contributed by atoms with Crippen LogP contribution in [0.1, 0.15) is 77.8 Å². The van der Waals surface area contributed by atoms with E-state index >= 15 is 0 Å². The van der Waals surface area contributed by atoms with Crippen molar-refractivity contribution in [3.63, 3.8) is 0 Å². The van der Waals surface area contributed by atoms with E-state index in [0.717, 1.165) is 5.92 Å². The molecule has 0 heteroatoms. The maximum Gasteiger partial charge on any atom is 0.00496 e. The van der Waals surface area contributed by atoms with Crippen LogP contribution in [0.2, 0.25) is 0 Å². The van der Waals surface area contributed by atoms with E-state index in [1.165, 1.54) is 30.4 Å². The van der Waals surface area contributed by atoms with Crippen molar-refractivity contribution >= 4 is 0 Å². The monoisotopic (exact) mass is 350 g/mol. The summed E-state index contributed by atoms with van der Waals surface area (Å²) in [4.78, 5) is 0. The average Bonchev–Trinajstić information content (AvgIpc) is 2.65. The van der Waals surface area contributed by atoms with E-state index in [1.807, 2.05) is 0 Å². The SMILES string of the molecule is CCC(CC(C)C)C(CC(C)C)(c1ccccc1)C(C)c1ccccc1. The Balaban J connectivity index is 2.66. The van der Waals surface area contributed by atoms with Gasteiger partial charge in [0.2, 0.25) is 0 Å². The van der Waals surface area contributed by atoms with Crippen LogP contribution in [0.4, 0.5) is 0 Å². The Bertz CT molecular complexity index is 626. The normalized spacial score (nSPS) is 16.5. The predicted octanol–water partition coefficient (Wildman–Crippen LogP) is 7.85. The highest BCUT2D eigenvalue weighted by atomic mass is 14.5. The molecule has 0 aliphatic heterocycles. The molecule has 2 aromatic rings. The van der Waals surface area contributed by atoms with Crippen molar-refractivity contribution in [1.82, 2.24) is 0 Å². The van der Waals surface area contributed by atoms with Crippen molar-refractivity contribution in [2.75, 3.05) is 0 Å². The third-order valence-corrected chi connectivity index (χ3v) is 6.11. The maximum absolute atomic E-state index is 2.47. The Hall–Kier alpha value is -1.56. The standard InChI is InChI=1S/C26H38/c1-7-24(18-20(2)3)26(19-21(4)5,25-16-12-9-13-17-25)22(6)23-14-10-8-11-15-23/h8-17,20-22,24H,7,18-19H2,1-6H3. The van der Waals surface area contributed by atoms with Crippen molar-refractivity contribution in [3.05, 3.63) is 71.8 Å². The second kappa shape index (κ2) is 9.40. The minimum atomic E-state index is 0.176. The van der Waals surface area contributed by atoms with Crippen molar-refractivity contribution in [1.29, 1.82) is 0 Å². The fourth-order valence-electron chi connectivity index (χ4n) is 5.07. The van der Waals surface area contributed by atoms with Crippen LogP contribution >= 0.6 is 0 Å². The Morgan fingerprint density at radius 1 is 0.731 bits per heavy atom. The second-order valence-corrected chi connectivity index (χ2v) is 8.87. The molecule has 2 aromatic carbocycles. The predicted molar refractivity (Wildman–Crippen MR) is 116 cm³/mol. The molecule has 0 heterocycles. The largest absolute Gasteiger partial charge is 0.0651 e. The Morgan fingerprint density at radius 2 is 1.27 bits per heavy atom. The molecule has 0 amide bonds. The lowest BCUT2D eigenvalue weighted by molar-refractivity contribution is 0.155. The molecule has 0 aliphatic rings. The first-order valence-electron chi connectivity index (χ1n) is 10.5. The minimum Gasteiger partial charge on any atom is -0.0651 e. The van der Waals surface area contributed by atoms with Gasteiger partial charge in [0.15, 0.2) is 0 Å². The average molecular weight is 351 g/mol. The summed E-state index contributed by atoms with van der Waals surface area (Å²) in [7, 11) is 0. The quantitative estimate of drug-likeness (QED) is 0.432. The van der Waals surface area contributed by atoms with Crippen LogP contribution in [-0.4, -0.2) is 0 Å². The fourth-order valence-corrected chi connectivity index (χ4v) is 5.07. The lowest BCUT2D eigenvalue weighted by atomic mass is 9.56. The molecule has 0 saturated carbocycles. The number of hydrogen-bond donors (Lipinski definition) is 0. The summed E-state index contributed by atoms with van der Waals surface area (Å²) in [6.07, 6.45) is 3.75. The second-order valence-electron chi connectivity index (χ2n) is 8.87. The molecule has 3 unspecified atom stereocenters. The first kappa shape index (κ1) is 20.7. The van der Waals surface area contributed by atoms with Crippen molar-refractivity contribution in [2.45, 2.75) is 72.1 Å². The van der Waals surface area contributed by atoms with Gasteiger partial charge in [0.1, 0.15) is 0 Å². The molecule has 0 spiro atoms. The Morgan fingerprint density at radius 3 is 1.73 bits per heavy atom. The van der Waals surface area contributed by atoms with E-state index in [1.54, 1.807) is 0 Å². The van der Waals surface area contributed by atoms with Crippen LogP contribution in [0, 0.1) is 17.8 Å². The highest BCUT2D eigenvalue weighted by molar-refractivity contribution is 5.35. The topological polar surface area (TPSA) is 0 Å². The van der Waals surface area contributed by atoms with Crippen LogP contribution in [0.3, 0.4) is 0 Å². The van der Waals surface area contributed by atoms with E-state index in [2.05, 4.69) is 102 Å². The number of benzene rings is 2. The third kappa shape index (κ3) is 4.58. The minimum absolute atomic E-state index is 0.176. The van der Waals surface area contributed by atoms with Gasteiger partial charge in [-0.3, -0.25) is 0 Å². The molecule has 0 nitrogen and oxygen atoms in total. The first-order chi connectivity index (χ1) is 12.4. The molecule has 0 radical (unpaired) electrons. The summed E-state index contributed by atoms with van der Waals surface area (Å²) in [5, 5.41) is 0. The summed E-state index contributed by atoms with van der Waals surface area (Å²) >= 11 is 0. The summed E-state index contributed by atoms with van der Waals surface area (Å²) in [5.74, 6) is 2.57. The number of hydrogen-bond acceptors (Lipinski definition) is 0. The first-order valence-corrected chi connectivity index (χ1v) is 10.5. The Kier molecular flexibility index (Phi) is 7.50. The van der Waals surface area contributed by atoms with Gasteiger partial charge in [-0.2, -0.15) is 0 Å². The maximum atomic E-state index is 2.47. The molecule has 142 valence electrons. The van der Waals surface area contributed by atoms with Crippen LogP contribution in [0.25, 0.3) is 0 Å². The zero-order valence-corrected chi connectivity index (χ0v) is 17.7. The molecule has 3 atom stereocenters. The summed E-state index contributed by atoms with van der Waals surface area (Å²) in [5.41, 5.74) is 3.17. The molecule has 0 bridgehead atoms. The Labute approximate surface area is 162 Å². The molecule has 0 aromatic heterocycles. The van der Waals surface area contributed by atoms with Crippen molar-refractivity contribution in [3.8, 4) is 0 Å². The van der Waals surface area contributed by atoms with Gasteiger partial charge in [-0.1, -0.05) is 109 Å². The molecule has 26 heavy (non-hydrogen) atoms. The van der Waals surface area contributed by atoms with Gasteiger partial charge >= 0.3 is 0 Å². The van der Waals surface area contributed by atoms with Crippen LogP contribution in [0.5, 0.6) is 0 Å². The van der Waals surface area contributed by atoms with E-state index in [-0.39, 0.29) is 5.41 Å². The fraction of sp³-hybridized carbons (Fsp3) is 0.538. The molecule has 0 N–H and O–H groups in total. The van der Waals surface area contributed by atoms with E-state index < -0.39 is 0 Å². The van der Waals surface area contributed by atoms with Crippen molar-refractivity contribution < 1.29 is 0 Å². The number of rotatable bonds is 9. The van der Waals surface area contributed by atoms with Gasteiger partial charge in [-0.15, -0.1) is 0 Å². The highest BCUT2D eigenvalue weighted by Gasteiger charge is 2.44. The van der Waals surface area contributed by atoms with E-state index in [4.69, 9.17) is 0 Å². The summed E-state index contributed by atoms with van der Waals surface area (Å²) in [6, 6.07) is 22.5. The van der Waals surface area contributed by atoms with E-state index in [9.17, 15) is 0 Å². The molecular formula is C26H38. The van der Waals surface area contributed by atoms with Crippen molar-refractivity contribution in [2.24, 2.45) is 17.8 Å². The molecule has 2 rings (SSSR count). The van der Waals surface area contributed by atoms with Crippen LogP contribution < -0.4 is 0 Å². The molecular weight excluding hydrogens is 312 g/mol. The summed E-state index contributed by atoms with van der Waals surface area (Å²) < 4.78 is 0. The van der Waals surface area contributed by atoms with Gasteiger partial charge in [0.05, 0.1) is 0 Å². The summed E-state index contributed by atoms with van der Waals surface area (Å²) in [6.45, 7) is 14.4. The van der Waals surface area contributed by atoms with Crippen LogP contribution in [0.15, 0.2) is 60.7 Å². The third-order valence-electron chi connectivity index (χ3n) is 6.11. The zero-order chi connectivity index (χ0) is 19.2. The van der Waals surface area contributed by atoms with Gasteiger partial charge < -0.3 is 0 Å². The molecule has 0 saturated heterocycles. The van der Waals surface area contributed by atoms with Gasteiger partial charge in [0.25, 0.3) is 0 Å². The van der Waals surface area contributed by atoms with Gasteiger partial charge in [0, 0.05) is 5.41 Å². The lowest BCUT2D eigenvalue weighted by Gasteiger charge is -2.48. The molecule has 0 fully saturated rings. The van der Waals surface area contributed by atoms with E-state index in [0.29, 0.717) is 17.8 Å². The molecule has 0 aliphatic carbocycles. The van der Waals surface area contributed by atoms with Crippen LogP contribution in [-0.2, 0) is 5.41 Å². The lowest BCUT2D eigenvalue weighted by Crippen LogP contribution is -2.42. The zero-order valence-electron chi connectivity index (χ0n) is 17.7. The van der Waals surface area contributed by atoms with Gasteiger partial charge in [-0.25, -0.2) is 0 Å². The highest BCUT2D eigenvalue weighted by Crippen LogP contribution is 2.52. The van der Waals surface area contributed by atoms with Gasteiger partial charge in [-0.05, 0) is 47.6 Å².